The molecule has 7 nitrogen and oxygen atoms in total. The number of amides is 2. The first-order valence-corrected chi connectivity index (χ1v) is 15.5. The van der Waals surface area contributed by atoms with Crippen LogP contribution in [0.3, 0.4) is 0 Å². The van der Waals surface area contributed by atoms with Crippen LogP contribution in [-0.4, -0.2) is 32.9 Å². The molecule has 2 amide bonds. The van der Waals surface area contributed by atoms with Crippen LogP contribution in [0, 0.1) is 20.8 Å². The molecule has 0 spiro atoms. The summed E-state index contributed by atoms with van der Waals surface area (Å²) < 4.78 is 6.74. The number of nitrogens with one attached hydrogen (secondary N) is 1. The molecule has 5 aromatic rings. The number of carbonyl (C=O) groups is 2. The lowest BCUT2D eigenvalue weighted by Crippen LogP contribution is -2.49. The van der Waals surface area contributed by atoms with Gasteiger partial charge in [0.15, 0.2) is 0 Å². The van der Waals surface area contributed by atoms with Crippen LogP contribution in [0.1, 0.15) is 37.4 Å². The van der Waals surface area contributed by atoms with Crippen LogP contribution in [0.25, 0.3) is 10.1 Å². The number of ether oxygens (including phenoxy) is 1. The number of alkyl carbamates (subject to hydrolysis) is 1. The van der Waals surface area contributed by atoms with Crippen molar-refractivity contribution < 1.29 is 14.3 Å². The fraction of sp³-hybridized carbons (Fsp3) is 0.267. The lowest BCUT2D eigenvalue weighted by atomic mass is 10.0. The number of benzene rings is 2. The molecule has 5 rings (SSSR count). The highest BCUT2D eigenvalue weighted by Crippen LogP contribution is 2.24. The Bertz CT molecular complexity index is 1610. The molecule has 0 radical (unpaired) electrons. The minimum Gasteiger partial charge on any atom is -0.444 e. The van der Waals surface area contributed by atoms with Crippen molar-refractivity contribution in [3.63, 3.8) is 0 Å². The highest BCUT2D eigenvalue weighted by Gasteiger charge is 2.28. The fourth-order valence-electron chi connectivity index (χ4n) is 4.52. The van der Waals surface area contributed by atoms with E-state index in [4.69, 9.17) is 4.74 Å². The molecule has 206 valence electrons. The van der Waals surface area contributed by atoms with Crippen LogP contribution in [-0.2, 0) is 35.6 Å². The van der Waals surface area contributed by atoms with Gasteiger partial charge >= 0.3 is 6.09 Å². The topological polar surface area (TPSA) is 84.4 Å². The first-order valence-electron chi connectivity index (χ1n) is 12.9. The van der Waals surface area contributed by atoms with Gasteiger partial charge in [-0.1, -0.05) is 36.4 Å². The summed E-state index contributed by atoms with van der Waals surface area (Å²) >= 11 is 4.74. The summed E-state index contributed by atoms with van der Waals surface area (Å²) in [4.78, 5) is 38.8. The predicted octanol–water partition coefficient (Wildman–Crippen LogP) is 6.81. The Balaban J connectivity index is 1.38. The normalized spacial score (nSPS) is 11.9. The van der Waals surface area contributed by atoms with Crippen molar-refractivity contribution in [2.75, 3.05) is 0 Å². The van der Waals surface area contributed by atoms with Crippen molar-refractivity contribution >= 4 is 56.1 Å². The molecule has 1 unspecified atom stereocenters. The zero-order valence-electron chi connectivity index (χ0n) is 22.5. The quantitative estimate of drug-likeness (QED) is 0.193. The zero-order chi connectivity index (χ0) is 28.1. The molecule has 0 fully saturated rings. The number of fused-ring (bicyclic) bond motifs is 1. The maximum absolute atomic E-state index is 14.2. The second-order valence-corrected chi connectivity index (χ2v) is 12.8. The van der Waals surface area contributed by atoms with Gasteiger partial charge in [-0.2, -0.15) is 0 Å². The molecule has 0 aliphatic carbocycles. The van der Waals surface area contributed by atoms with E-state index in [9.17, 15) is 9.59 Å². The molecule has 10 heteroatoms. The van der Waals surface area contributed by atoms with Crippen LogP contribution in [0.4, 0.5) is 4.79 Å². The molecule has 0 saturated heterocycles. The fourth-order valence-corrected chi connectivity index (χ4v) is 6.74. The summed E-state index contributed by atoms with van der Waals surface area (Å²) in [6, 6.07) is 17.2. The third-order valence-electron chi connectivity index (χ3n) is 6.43. The van der Waals surface area contributed by atoms with Gasteiger partial charge in [-0.3, -0.25) is 4.79 Å². The first kappa shape index (κ1) is 27.9. The SMILES string of the molecule is Cc1nc(CN(Cc2ccc3sccc3c2)C(=O)C(Cc2ccccc2)NC(=O)OCc2sc(C)nc2C)cs1. The molecule has 0 saturated carbocycles. The molecule has 40 heavy (non-hydrogen) atoms. The molecule has 0 aliphatic rings. The molecular weight excluding hydrogens is 561 g/mol. The molecule has 2 aromatic carbocycles. The van der Waals surface area contributed by atoms with E-state index >= 15 is 0 Å². The third-order valence-corrected chi connectivity index (χ3v) is 9.19. The predicted molar refractivity (Wildman–Crippen MR) is 162 cm³/mol. The number of rotatable bonds is 10. The maximum Gasteiger partial charge on any atom is 0.408 e. The van der Waals surface area contributed by atoms with Crippen LogP contribution < -0.4 is 5.32 Å². The largest absolute Gasteiger partial charge is 0.444 e. The second-order valence-electron chi connectivity index (χ2n) is 9.55. The maximum atomic E-state index is 14.2. The lowest BCUT2D eigenvalue weighted by molar-refractivity contribution is -0.134. The lowest BCUT2D eigenvalue weighted by Gasteiger charge is -2.28. The van der Waals surface area contributed by atoms with Gasteiger partial charge in [0.1, 0.15) is 12.6 Å². The average Bonchev–Trinajstić information content (AvgIpc) is 3.66. The van der Waals surface area contributed by atoms with Crippen LogP contribution in [0.2, 0.25) is 0 Å². The Hall–Kier alpha value is -3.60. The van der Waals surface area contributed by atoms with Gasteiger partial charge in [0.2, 0.25) is 5.91 Å². The second kappa shape index (κ2) is 12.7. The Labute approximate surface area is 245 Å². The number of hydrogen-bond donors (Lipinski definition) is 1. The van der Waals surface area contributed by atoms with Gasteiger partial charge < -0.3 is 15.0 Å². The highest BCUT2D eigenvalue weighted by atomic mass is 32.1. The summed E-state index contributed by atoms with van der Waals surface area (Å²) in [7, 11) is 0. The minimum atomic E-state index is -0.816. The van der Waals surface area contributed by atoms with Crippen molar-refractivity contribution in [3.05, 3.63) is 103 Å². The number of hydrogen-bond acceptors (Lipinski definition) is 8. The highest BCUT2D eigenvalue weighted by molar-refractivity contribution is 7.17. The summed E-state index contributed by atoms with van der Waals surface area (Å²) in [5, 5.41) is 9.91. The average molecular weight is 591 g/mol. The molecule has 1 N–H and O–H groups in total. The van der Waals surface area contributed by atoms with Gasteiger partial charge in [0, 0.05) is 23.0 Å². The number of nitrogens with zero attached hydrogens (tertiary/aromatic N) is 3. The molecule has 0 bridgehead atoms. The van der Waals surface area contributed by atoms with Gasteiger partial charge in [-0.05, 0) is 60.9 Å². The van der Waals surface area contributed by atoms with Gasteiger partial charge in [-0.15, -0.1) is 34.0 Å². The number of aryl methyl sites for hydroxylation is 3. The van der Waals surface area contributed by atoms with E-state index < -0.39 is 12.1 Å². The van der Waals surface area contributed by atoms with E-state index in [0.29, 0.717) is 19.5 Å². The van der Waals surface area contributed by atoms with Crippen molar-refractivity contribution in [1.82, 2.24) is 20.2 Å². The van der Waals surface area contributed by atoms with E-state index in [0.717, 1.165) is 42.8 Å². The van der Waals surface area contributed by atoms with E-state index in [-0.39, 0.29) is 12.5 Å². The van der Waals surface area contributed by atoms with E-state index in [1.54, 1.807) is 27.6 Å². The molecular formula is C30H30N4O3S3. The van der Waals surface area contributed by atoms with Crippen molar-refractivity contribution in [2.24, 2.45) is 0 Å². The van der Waals surface area contributed by atoms with E-state index in [1.807, 2.05) is 56.5 Å². The summed E-state index contributed by atoms with van der Waals surface area (Å²) in [6.07, 6.45) is -0.298. The van der Waals surface area contributed by atoms with Crippen molar-refractivity contribution in [3.8, 4) is 0 Å². The van der Waals surface area contributed by atoms with Crippen molar-refractivity contribution in [2.45, 2.75) is 52.9 Å². The van der Waals surface area contributed by atoms with E-state index in [2.05, 4.69) is 44.9 Å². The number of aromatic nitrogens is 2. The van der Waals surface area contributed by atoms with E-state index in [1.165, 1.54) is 16.0 Å². The third kappa shape index (κ3) is 7.12. The summed E-state index contributed by atoms with van der Waals surface area (Å²) in [5.41, 5.74) is 3.63. The monoisotopic (exact) mass is 590 g/mol. The Morgan fingerprint density at radius 3 is 2.50 bits per heavy atom. The van der Waals surface area contributed by atoms with Crippen LogP contribution >= 0.6 is 34.0 Å². The summed E-state index contributed by atoms with van der Waals surface area (Å²) in [6.45, 7) is 6.61. The van der Waals surface area contributed by atoms with Crippen molar-refractivity contribution in [1.29, 1.82) is 0 Å². The Kier molecular flexibility index (Phi) is 8.88. The van der Waals surface area contributed by atoms with Crippen LogP contribution in [0.5, 0.6) is 0 Å². The molecule has 3 aromatic heterocycles. The van der Waals surface area contributed by atoms with Gasteiger partial charge in [-0.25, -0.2) is 14.8 Å². The number of thiophene rings is 1. The standard InChI is InChI=1S/C30H30N4O3S3/c1-19-28(40-21(3)31-19)17-37-30(36)33-26(14-22-7-5-4-6-8-22)29(35)34(16-25-18-39-20(2)32-25)15-23-9-10-27-24(13-23)11-12-38-27/h4-13,18,26H,14-17H2,1-3H3,(H,33,36). The van der Waals surface area contributed by atoms with Gasteiger partial charge in [0.05, 0.1) is 32.8 Å². The molecule has 0 aliphatic heterocycles. The zero-order valence-corrected chi connectivity index (χ0v) is 25.0. The number of carbonyl (C=O) groups excluding carboxylic acids is 2. The Morgan fingerprint density at radius 2 is 1.77 bits per heavy atom. The number of thiazole rings is 2. The van der Waals surface area contributed by atoms with Gasteiger partial charge in [0.25, 0.3) is 0 Å². The smallest absolute Gasteiger partial charge is 0.408 e. The molecule has 1 atom stereocenters. The Morgan fingerprint density at radius 1 is 0.950 bits per heavy atom. The van der Waals surface area contributed by atoms with Crippen LogP contribution in [0.15, 0.2) is 65.4 Å². The summed E-state index contributed by atoms with van der Waals surface area (Å²) in [5.74, 6) is -0.193. The molecule has 3 heterocycles. The minimum absolute atomic E-state index is 0.109. The first-order chi connectivity index (χ1) is 19.3.